The molecule has 2 aromatic rings. The number of hydrogen-bond donors (Lipinski definition) is 2. The van der Waals surface area contributed by atoms with Crippen LogP contribution in [-0.2, 0) is 10.0 Å². The molecule has 0 fully saturated rings. The van der Waals surface area contributed by atoms with E-state index in [-0.39, 0.29) is 16.8 Å². The van der Waals surface area contributed by atoms with Gasteiger partial charge in [0.1, 0.15) is 5.82 Å². The van der Waals surface area contributed by atoms with Crippen molar-refractivity contribution < 1.29 is 12.8 Å². The van der Waals surface area contributed by atoms with Crippen LogP contribution in [0.2, 0.25) is 0 Å². The topological polar surface area (TPSA) is 61.4 Å². The molecule has 0 saturated heterocycles. The first kappa shape index (κ1) is 22.3. The third-order valence-electron chi connectivity index (χ3n) is 4.50. The standard InChI is InChI=1S/C20H26FN3O2S2/c1-5-24(6-2)28(25,26)18-11-8-16(9-12-18)15(4)22-20(27)23-17-10-7-14(3)19(21)13-17/h7-13,15H,5-6H2,1-4H3,(H2,22,23,27)/t15-/m1/s1. The second-order valence-electron chi connectivity index (χ2n) is 6.44. The van der Waals surface area contributed by atoms with E-state index >= 15 is 0 Å². The zero-order chi connectivity index (χ0) is 20.9. The molecular weight excluding hydrogens is 397 g/mol. The highest BCUT2D eigenvalue weighted by Crippen LogP contribution is 2.20. The average Bonchev–Trinajstić information content (AvgIpc) is 2.65. The minimum atomic E-state index is -3.48. The third-order valence-corrected chi connectivity index (χ3v) is 6.78. The van der Waals surface area contributed by atoms with E-state index < -0.39 is 10.0 Å². The molecule has 0 radical (unpaired) electrons. The maximum absolute atomic E-state index is 13.6. The summed E-state index contributed by atoms with van der Waals surface area (Å²) in [7, 11) is -3.48. The number of halogens is 1. The van der Waals surface area contributed by atoms with E-state index in [9.17, 15) is 12.8 Å². The predicted octanol–water partition coefficient (Wildman–Crippen LogP) is 4.21. The molecule has 0 amide bonds. The minimum Gasteiger partial charge on any atom is -0.356 e. The number of sulfonamides is 1. The first-order chi connectivity index (χ1) is 13.2. The normalized spacial score (nSPS) is 12.6. The first-order valence-corrected chi connectivity index (χ1v) is 11.0. The first-order valence-electron chi connectivity index (χ1n) is 9.12. The Labute approximate surface area is 172 Å². The molecule has 0 saturated carbocycles. The molecule has 5 nitrogen and oxygen atoms in total. The van der Waals surface area contributed by atoms with Crippen molar-refractivity contribution in [2.45, 2.75) is 38.6 Å². The van der Waals surface area contributed by atoms with Gasteiger partial charge in [0, 0.05) is 18.8 Å². The summed E-state index contributed by atoms with van der Waals surface area (Å²) in [6, 6.07) is 11.4. The lowest BCUT2D eigenvalue weighted by molar-refractivity contribution is 0.445. The molecule has 0 aliphatic heterocycles. The number of anilines is 1. The van der Waals surface area contributed by atoms with Gasteiger partial charge in [-0.25, -0.2) is 12.8 Å². The molecule has 1 atom stereocenters. The fourth-order valence-corrected chi connectivity index (χ4v) is 4.51. The Balaban J connectivity index is 2.05. The molecule has 2 rings (SSSR count). The summed E-state index contributed by atoms with van der Waals surface area (Å²) in [6.07, 6.45) is 0. The van der Waals surface area contributed by atoms with E-state index in [2.05, 4.69) is 10.6 Å². The molecule has 0 heterocycles. The largest absolute Gasteiger partial charge is 0.356 e. The van der Waals surface area contributed by atoms with Crippen LogP contribution in [0.3, 0.4) is 0 Å². The Hall–Kier alpha value is -2.03. The number of hydrogen-bond acceptors (Lipinski definition) is 3. The Bertz CT molecular complexity index is 927. The predicted molar refractivity (Wildman–Crippen MR) is 115 cm³/mol. The second kappa shape index (κ2) is 9.45. The average molecular weight is 424 g/mol. The minimum absolute atomic E-state index is 0.152. The van der Waals surface area contributed by atoms with E-state index in [0.29, 0.717) is 29.5 Å². The lowest BCUT2D eigenvalue weighted by atomic mass is 10.1. The fourth-order valence-electron chi connectivity index (χ4n) is 2.76. The summed E-state index contributed by atoms with van der Waals surface area (Å²) in [5.74, 6) is -0.300. The lowest BCUT2D eigenvalue weighted by Crippen LogP contribution is -2.31. The van der Waals surface area contributed by atoms with Gasteiger partial charge in [-0.2, -0.15) is 4.31 Å². The van der Waals surface area contributed by atoms with Crippen LogP contribution in [0.25, 0.3) is 0 Å². The van der Waals surface area contributed by atoms with Crippen LogP contribution >= 0.6 is 12.2 Å². The van der Waals surface area contributed by atoms with E-state index in [4.69, 9.17) is 12.2 Å². The van der Waals surface area contributed by atoms with Crippen molar-refractivity contribution in [3.63, 3.8) is 0 Å². The van der Waals surface area contributed by atoms with Crippen molar-refractivity contribution in [2.75, 3.05) is 18.4 Å². The molecule has 0 aromatic heterocycles. The number of benzene rings is 2. The molecule has 2 aromatic carbocycles. The van der Waals surface area contributed by atoms with E-state index in [1.54, 1.807) is 43.3 Å². The Kier molecular flexibility index (Phi) is 7.51. The summed E-state index contributed by atoms with van der Waals surface area (Å²) in [5.41, 5.74) is 2.02. The summed E-state index contributed by atoms with van der Waals surface area (Å²) >= 11 is 5.29. The molecular formula is C20H26FN3O2S2. The third kappa shape index (κ3) is 5.27. The van der Waals surface area contributed by atoms with Crippen LogP contribution in [0.5, 0.6) is 0 Å². The smallest absolute Gasteiger partial charge is 0.243 e. The molecule has 8 heteroatoms. The summed E-state index contributed by atoms with van der Waals surface area (Å²) in [6.45, 7) is 8.10. The van der Waals surface area contributed by atoms with Gasteiger partial charge >= 0.3 is 0 Å². The van der Waals surface area contributed by atoms with E-state index in [1.807, 2.05) is 20.8 Å². The van der Waals surface area contributed by atoms with Gasteiger partial charge in [-0.05, 0) is 61.5 Å². The number of nitrogens with one attached hydrogen (secondary N) is 2. The van der Waals surface area contributed by atoms with Crippen LogP contribution < -0.4 is 10.6 Å². The number of thiocarbonyl (C=S) groups is 1. The van der Waals surface area contributed by atoms with Crippen molar-refractivity contribution >= 4 is 33.0 Å². The summed E-state index contributed by atoms with van der Waals surface area (Å²) in [4.78, 5) is 0.267. The fraction of sp³-hybridized carbons (Fsp3) is 0.350. The van der Waals surface area contributed by atoms with Gasteiger partial charge in [0.05, 0.1) is 10.9 Å². The van der Waals surface area contributed by atoms with Gasteiger partial charge in [0.15, 0.2) is 5.11 Å². The van der Waals surface area contributed by atoms with Crippen LogP contribution in [0.4, 0.5) is 10.1 Å². The molecule has 0 spiro atoms. The second-order valence-corrected chi connectivity index (χ2v) is 8.79. The summed E-state index contributed by atoms with van der Waals surface area (Å²) < 4.78 is 40.2. The van der Waals surface area contributed by atoms with Gasteiger partial charge in [0.25, 0.3) is 0 Å². The molecule has 28 heavy (non-hydrogen) atoms. The zero-order valence-electron chi connectivity index (χ0n) is 16.5. The van der Waals surface area contributed by atoms with Crippen molar-refractivity contribution in [3.8, 4) is 0 Å². The zero-order valence-corrected chi connectivity index (χ0v) is 18.1. The maximum Gasteiger partial charge on any atom is 0.243 e. The molecule has 2 N–H and O–H groups in total. The molecule has 0 aliphatic rings. The lowest BCUT2D eigenvalue weighted by Gasteiger charge is -2.20. The van der Waals surface area contributed by atoms with Gasteiger partial charge in [0.2, 0.25) is 10.0 Å². The summed E-state index contributed by atoms with van der Waals surface area (Å²) in [5, 5.41) is 6.43. The quantitative estimate of drug-likeness (QED) is 0.653. The van der Waals surface area contributed by atoms with Crippen LogP contribution in [0, 0.1) is 12.7 Å². The monoisotopic (exact) mass is 423 g/mol. The van der Waals surface area contributed by atoms with Crippen molar-refractivity contribution in [3.05, 3.63) is 59.4 Å². The molecule has 0 unspecified atom stereocenters. The Morgan fingerprint density at radius 2 is 1.75 bits per heavy atom. The number of rotatable bonds is 7. The van der Waals surface area contributed by atoms with Crippen molar-refractivity contribution in [2.24, 2.45) is 0 Å². The van der Waals surface area contributed by atoms with Crippen LogP contribution in [-0.4, -0.2) is 30.9 Å². The maximum atomic E-state index is 13.6. The molecule has 152 valence electrons. The van der Waals surface area contributed by atoms with Crippen molar-refractivity contribution in [1.82, 2.24) is 9.62 Å². The van der Waals surface area contributed by atoms with E-state index in [1.165, 1.54) is 10.4 Å². The highest BCUT2D eigenvalue weighted by Gasteiger charge is 2.21. The Morgan fingerprint density at radius 3 is 2.29 bits per heavy atom. The van der Waals surface area contributed by atoms with Gasteiger partial charge < -0.3 is 10.6 Å². The highest BCUT2D eigenvalue weighted by atomic mass is 32.2. The highest BCUT2D eigenvalue weighted by molar-refractivity contribution is 7.89. The van der Waals surface area contributed by atoms with Crippen molar-refractivity contribution in [1.29, 1.82) is 0 Å². The van der Waals surface area contributed by atoms with Gasteiger partial charge in [-0.1, -0.05) is 32.0 Å². The van der Waals surface area contributed by atoms with E-state index in [0.717, 1.165) is 5.56 Å². The van der Waals surface area contributed by atoms with Crippen LogP contribution in [0.1, 0.15) is 37.9 Å². The molecule has 0 bridgehead atoms. The Morgan fingerprint density at radius 1 is 1.14 bits per heavy atom. The van der Waals surface area contributed by atoms with Gasteiger partial charge in [-0.3, -0.25) is 0 Å². The number of nitrogens with zero attached hydrogens (tertiary/aromatic N) is 1. The van der Waals surface area contributed by atoms with Gasteiger partial charge in [-0.15, -0.1) is 0 Å². The molecule has 0 aliphatic carbocycles. The SMILES string of the molecule is CCN(CC)S(=O)(=O)c1ccc([C@@H](C)NC(=S)Nc2ccc(C)c(F)c2)cc1. The number of aryl methyl sites for hydroxylation is 1. The van der Waals surface area contributed by atoms with Crippen LogP contribution in [0.15, 0.2) is 47.4 Å².